The van der Waals surface area contributed by atoms with E-state index in [1.165, 1.54) is 24.8 Å². The van der Waals surface area contributed by atoms with E-state index < -0.39 is 0 Å². The number of aryl methyl sites for hydroxylation is 1. The summed E-state index contributed by atoms with van der Waals surface area (Å²) in [6.45, 7) is 10.5. The van der Waals surface area contributed by atoms with Crippen LogP contribution < -0.4 is 0 Å². The second-order valence-electron chi connectivity index (χ2n) is 7.39. The Kier molecular flexibility index (Phi) is 6.53. The van der Waals surface area contributed by atoms with Gasteiger partial charge in [-0.1, -0.05) is 50.0 Å². The van der Waals surface area contributed by atoms with Crippen LogP contribution in [0.4, 0.5) is 0 Å². The first-order valence-electron chi connectivity index (χ1n) is 9.31. The average molecular weight is 328 g/mol. The van der Waals surface area contributed by atoms with Gasteiger partial charge >= 0.3 is 0 Å². The van der Waals surface area contributed by atoms with Crippen LogP contribution in [0.1, 0.15) is 76.3 Å². The quantitative estimate of drug-likeness (QED) is 0.459. The molecule has 1 unspecified atom stereocenters. The molecule has 0 fully saturated rings. The predicted molar refractivity (Wildman–Crippen MR) is 102 cm³/mol. The molecule has 2 heteroatoms. The molecular formula is C22H32O2. The van der Waals surface area contributed by atoms with Gasteiger partial charge < -0.3 is 10.2 Å². The van der Waals surface area contributed by atoms with Crippen LogP contribution in [-0.4, -0.2) is 10.2 Å². The van der Waals surface area contributed by atoms with Crippen molar-refractivity contribution in [3.8, 4) is 11.5 Å². The number of unbranched alkanes of at least 4 members (excludes halogenated alkanes) is 3. The summed E-state index contributed by atoms with van der Waals surface area (Å²) in [6, 6.07) is 3.68. The number of hydrogen-bond acceptors (Lipinski definition) is 2. The number of phenolic OH excluding ortho intramolecular Hbond substituents is 2. The first kappa shape index (κ1) is 18.6. The second kappa shape index (κ2) is 8.41. The van der Waals surface area contributed by atoms with Crippen molar-refractivity contribution in [3.63, 3.8) is 0 Å². The molecule has 0 radical (unpaired) electrons. The Hall–Kier alpha value is -1.70. The van der Waals surface area contributed by atoms with Crippen molar-refractivity contribution in [1.29, 1.82) is 0 Å². The van der Waals surface area contributed by atoms with Gasteiger partial charge in [-0.25, -0.2) is 0 Å². The number of phenols is 2. The lowest BCUT2D eigenvalue weighted by atomic mass is 9.73. The molecule has 2 N–H and O–H groups in total. The molecule has 0 amide bonds. The van der Waals surface area contributed by atoms with E-state index in [1.807, 2.05) is 19.1 Å². The summed E-state index contributed by atoms with van der Waals surface area (Å²) in [4.78, 5) is 0. The van der Waals surface area contributed by atoms with Crippen molar-refractivity contribution in [2.24, 2.45) is 5.92 Å². The largest absolute Gasteiger partial charge is 0.507 e. The highest BCUT2D eigenvalue weighted by Crippen LogP contribution is 2.46. The number of benzene rings is 1. The lowest BCUT2D eigenvalue weighted by Crippen LogP contribution is -2.17. The molecule has 2 rings (SSSR count). The molecular weight excluding hydrogens is 296 g/mol. The fourth-order valence-corrected chi connectivity index (χ4v) is 3.83. The minimum Gasteiger partial charge on any atom is -0.507 e. The number of aromatic hydroxyl groups is 2. The van der Waals surface area contributed by atoms with Crippen LogP contribution in [0.3, 0.4) is 0 Å². The zero-order chi connectivity index (χ0) is 17.7. The molecule has 0 heterocycles. The van der Waals surface area contributed by atoms with Crippen LogP contribution in [0.2, 0.25) is 0 Å². The average Bonchev–Trinajstić information content (AvgIpc) is 2.51. The van der Waals surface area contributed by atoms with E-state index in [2.05, 4.69) is 26.5 Å². The van der Waals surface area contributed by atoms with Crippen molar-refractivity contribution < 1.29 is 10.2 Å². The van der Waals surface area contributed by atoms with E-state index in [-0.39, 0.29) is 23.3 Å². The maximum atomic E-state index is 10.6. The van der Waals surface area contributed by atoms with Gasteiger partial charge in [0.25, 0.3) is 0 Å². The molecule has 0 saturated heterocycles. The molecule has 1 aromatic rings. The van der Waals surface area contributed by atoms with Gasteiger partial charge in [0.1, 0.15) is 11.5 Å². The van der Waals surface area contributed by atoms with Crippen molar-refractivity contribution >= 4 is 0 Å². The number of allylic oxidation sites excluding steroid dienone is 3. The van der Waals surface area contributed by atoms with Gasteiger partial charge in [0, 0.05) is 11.5 Å². The smallest absolute Gasteiger partial charge is 0.123 e. The van der Waals surface area contributed by atoms with Crippen LogP contribution in [0.5, 0.6) is 11.5 Å². The normalized spacial score (nSPS) is 20.7. The summed E-state index contributed by atoms with van der Waals surface area (Å²) in [7, 11) is 0. The Morgan fingerprint density at radius 1 is 1.17 bits per heavy atom. The van der Waals surface area contributed by atoms with Crippen LogP contribution in [0, 0.1) is 5.92 Å². The Labute approximate surface area is 146 Å². The van der Waals surface area contributed by atoms with Crippen LogP contribution in [0.15, 0.2) is 35.9 Å². The Morgan fingerprint density at radius 2 is 1.83 bits per heavy atom. The Balaban J connectivity index is 2.26. The molecule has 1 aromatic carbocycles. The SMILES string of the molecule is C=C(C)[C@@H]1CCC(C)=CC1c1c(O)cc(CCCCCC)cc1O. The summed E-state index contributed by atoms with van der Waals surface area (Å²) < 4.78 is 0. The van der Waals surface area contributed by atoms with E-state index in [0.29, 0.717) is 5.56 Å². The van der Waals surface area contributed by atoms with Crippen molar-refractivity contribution in [3.05, 3.63) is 47.1 Å². The molecule has 0 bridgehead atoms. The maximum absolute atomic E-state index is 10.6. The third kappa shape index (κ3) is 4.43. The summed E-state index contributed by atoms with van der Waals surface area (Å²) in [5.74, 6) is 0.747. The Bertz CT molecular complexity index is 589. The molecule has 0 aliphatic heterocycles. The van der Waals surface area contributed by atoms with Crippen molar-refractivity contribution in [1.82, 2.24) is 0 Å². The lowest BCUT2D eigenvalue weighted by molar-refractivity contribution is 0.406. The number of hydrogen-bond donors (Lipinski definition) is 2. The minimum absolute atomic E-state index is 0.0189. The van der Waals surface area contributed by atoms with E-state index in [0.717, 1.165) is 36.8 Å². The topological polar surface area (TPSA) is 40.5 Å². The van der Waals surface area contributed by atoms with Crippen LogP contribution >= 0.6 is 0 Å². The maximum Gasteiger partial charge on any atom is 0.123 e. The minimum atomic E-state index is 0.0189. The molecule has 1 aliphatic rings. The standard InChI is InChI=1S/C22H32O2/c1-5-6-7-8-9-17-13-20(23)22(21(24)14-17)19-12-16(4)10-11-18(19)15(2)3/h12-14,18-19,23-24H,2,5-11H2,1,3-4H3/t18-,19?/m0/s1. The summed E-state index contributed by atoms with van der Waals surface area (Å²) >= 11 is 0. The van der Waals surface area contributed by atoms with E-state index in [4.69, 9.17) is 0 Å². The summed E-state index contributed by atoms with van der Waals surface area (Å²) in [6.07, 6.45) is 9.94. The molecule has 24 heavy (non-hydrogen) atoms. The second-order valence-corrected chi connectivity index (χ2v) is 7.39. The molecule has 0 saturated carbocycles. The monoisotopic (exact) mass is 328 g/mol. The number of rotatable bonds is 7. The first-order valence-corrected chi connectivity index (χ1v) is 9.31. The third-order valence-corrected chi connectivity index (χ3v) is 5.23. The molecule has 132 valence electrons. The molecule has 2 nitrogen and oxygen atoms in total. The highest BCUT2D eigenvalue weighted by atomic mass is 16.3. The molecule has 1 aliphatic carbocycles. The fraction of sp³-hybridized carbons (Fsp3) is 0.545. The van der Waals surface area contributed by atoms with Gasteiger partial charge in [-0.05, 0) is 63.1 Å². The van der Waals surface area contributed by atoms with Gasteiger partial charge in [0.05, 0.1) is 0 Å². The first-order chi connectivity index (χ1) is 11.4. The highest BCUT2D eigenvalue weighted by molar-refractivity contribution is 5.51. The molecule has 0 aromatic heterocycles. The van der Waals surface area contributed by atoms with E-state index in [9.17, 15) is 10.2 Å². The van der Waals surface area contributed by atoms with Crippen molar-refractivity contribution in [2.75, 3.05) is 0 Å². The van der Waals surface area contributed by atoms with E-state index in [1.54, 1.807) is 0 Å². The van der Waals surface area contributed by atoms with Gasteiger partial charge in [-0.3, -0.25) is 0 Å². The zero-order valence-corrected chi connectivity index (χ0v) is 15.4. The predicted octanol–water partition coefficient (Wildman–Crippen LogP) is 6.24. The van der Waals surface area contributed by atoms with E-state index >= 15 is 0 Å². The van der Waals surface area contributed by atoms with Gasteiger partial charge in [-0.15, -0.1) is 0 Å². The van der Waals surface area contributed by atoms with Crippen LogP contribution in [0.25, 0.3) is 0 Å². The van der Waals surface area contributed by atoms with Gasteiger partial charge in [0.2, 0.25) is 0 Å². The molecule has 2 atom stereocenters. The fourth-order valence-electron chi connectivity index (χ4n) is 3.83. The summed E-state index contributed by atoms with van der Waals surface area (Å²) in [5.41, 5.74) is 4.12. The van der Waals surface area contributed by atoms with Gasteiger partial charge in [-0.2, -0.15) is 0 Å². The lowest BCUT2D eigenvalue weighted by Gasteiger charge is -2.31. The van der Waals surface area contributed by atoms with Crippen LogP contribution in [-0.2, 0) is 6.42 Å². The zero-order valence-electron chi connectivity index (χ0n) is 15.4. The molecule has 0 spiro atoms. The van der Waals surface area contributed by atoms with Gasteiger partial charge in [0.15, 0.2) is 0 Å². The highest BCUT2D eigenvalue weighted by Gasteiger charge is 2.30. The third-order valence-electron chi connectivity index (χ3n) is 5.23. The van der Waals surface area contributed by atoms with Crippen molar-refractivity contribution in [2.45, 2.75) is 71.6 Å². The summed E-state index contributed by atoms with van der Waals surface area (Å²) in [5, 5.41) is 21.2. The Morgan fingerprint density at radius 3 is 2.42 bits per heavy atom.